The first-order chi connectivity index (χ1) is 12.3. The van der Waals surface area contributed by atoms with Crippen LogP contribution < -0.4 is 10.6 Å². The van der Waals surface area contributed by atoms with Crippen LogP contribution in [0.3, 0.4) is 0 Å². The molecule has 7 nitrogen and oxygen atoms in total. The lowest BCUT2D eigenvalue weighted by molar-refractivity contribution is 0.184. The van der Waals surface area contributed by atoms with Crippen LogP contribution in [0.1, 0.15) is 17.0 Å². The summed E-state index contributed by atoms with van der Waals surface area (Å²) in [6.45, 7) is 1.79. The number of benzene rings is 1. The fraction of sp³-hybridized carbons (Fsp3) is 0.278. The minimum absolute atomic E-state index is 0. The molecule has 0 amide bonds. The van der Waals surface area contributed by atoms with E-state index in [0.717, 1.165) is 17.0 Å². The number of halogens is 1. The van der Waals surface area contributed by atoms with Gasteiger partial charge in [-0.25, -0.2) is 0 Å². The average Bonchev–Trinajstić information content (AvgIpc) is 3.06. The number of methoxy groups -OCH3 is 1. The summed E-state index contributed by atoms with van der Waals surface area (Å²) in [7, 11) is 3.45. The van der Waals surface area contributed by atoms with Crippen molar-refractivity contribution in [3.05, 3.63) is 65.6 Å². The van der Waals surface area contributed by atoms with Crippen molar-refractivity contribution in [2.45, 2.75) is 19.7 Å². The number of ether oxygens (including phenoxy) is 1. The lowest BCUT2D eigenvalue weighted by atomic mass is 10.1. The zero-order valence-electron chi connectivity index (χ0n) is 14.8. The topological polar surface area (TPSA) is 75.8 Å². The monoisotopic (exact) mass is 466 g/mol. The molecule has 0 spiro atoms. The summed E-state index contributed by atoms with van der Waals surface area (Å²) in [4.78, 5) is 4.26. The second kappa shape index (κ2) is 10.1. The number of hydrogen-bond acceptors (Lipinski definition) is 4. The molecule has 1 aromatic carbocycles. The van der Waals surface area contributed by atoms with E-state index in [1.54, 1.807) is 14.2 Å². The van der Waals surface area contributed by atoms with E-state index in [1.807, 2.05) is 40.9 Å². The molecule has 0 aliphatic carbocycles. The van der Waals surface area contributed by atoms with E-state index in [9.17, 15) is 0 Å². The Morgan fingerprint density at radius 3 is 2.54 bits per heavy atom. The van der Waals surface area contributed by atoms with Crippen LogP contribution in [0.4, 0.5) is 0 Å². The van der Waals surface area contributed by atoms with Crippen LogP contribution in [0, 0.1) is 0 Å². The van der Waals surface area contributed by atoms with Crippen LogP contribution in [0.15, 0.2) is 53.7 Å². The third-order valence-electron chi connectivity index (χ3n) is 3.89. The molecule has 3 aromatic rings. The minimum atomic E-state index is 0. The maximum Gasteiger partial charge on any atom is 0.191 e. The zero-order valence-corrected chi connectivity index (χ0v) is 17.2. The van der Waals surface area contributed by atoms with Gasteiger partial charge in [0.2, 0.25) is 0 Å². The number of aromatic nitrogens is 3. The van der Waals surface area contributed by atoms with Crippen LogP contribution in [0.5, 0.6) is 0 Å². The molecule has 0 unspecified atom stereocenters. The van der Waals surface area contributed by atoms with Crippen LogP contribution in [0.2, 0.25) is 0 Å². The van der Waals surface area contributed by atoms with E-state index in [-0.39, 0.29) is 24.0 Å². The predicted octanol–water partition coefficient (Wildman–Crippen LogP) is 2.36. The molecule has 2 aromatic heterocycles. The molecule has 0 fully saturated rings. The Morgan fingerprint density at radius 1 is 1.04 bits per heavy atom. The molecule has 26 heavy (non-hydrogen) atoms. The van der Waals surface area contributed by atoms with Gasteiger partial charge in [-0.3, -0.25) is 9.39 Å². The normalized spacial score (nSPS) is 11.2. The van der Waals surface area contributed by atoms with E-state index < -0.39 is 0 Å². The largest absolute Gasteiger partial charge is 0.380 e. The highest BCUT2D eigenvalue weighted by Gasteiger charge is 2.07. The number of rotatable bonds is 6. The van der Waals surface area contributed by atoms with Gasteiger partial charge in [0, 0.05) is 26.9 Å². The summed E-state index contributed by atoms with van der Waals surface area (Å²) in [6.07, 6.45) is 1.95. The highest BCUT2D eigenvalue weighted by atomic mass is 127. The molecule has 2 N–H and O–H groups in total. The Morgan fingerprint density at radius 2 is 1.77 bits per heavy atom. The molecular formula is C18H23IN6O. The predicted molar refractivity (Wildman–Crippen MR) is 113 cm³/mol. The first-order valence-corrected chi connectivity index (χ1v) is 8.10. The molecular weight excluding hydrogens is 443 g/mol. The van der Waals surface area contributed by atoms with Crippen molar-refractivity contribution in [1.82, 2.24) is 25.2 Å². The number of fused-ring (bicyclic) bond motifs is 1. The standard InChI is InChI=1S/C18H22N6O.HI/c1-19-18(20-11-14-7-3-4-8-15(14)13-25-2)21-12-17-23-22-16-9-5-6-10-24(16)17;/h3-10H,11-13H2,1-2H3,(H2,19,20,21);1H. The van der Waals surface area contributed by atoms with Crippen LogP contribution in [-0.2, 0) is 24.4 Å². The minimum Gasteiger partial charge on any atom is -0.380 e. The number of nitrogens with one attached hydrogen (secondary N) is 2. The van der Waals surface area contributed by atoms with E-state index in [2.05, 4.69) is 38.0 Å². The van der Waals surface area contributed by atoms with E-state index in [0.29, 0.717) is 25.7 Å². The quantitative estimate of drug-likeness (QED) is 0.332. The van der Waals surface area contributed by atoms with Gasteiger partial charge in [-0.2, -0.15) is 0 Å². The molecule has 0 saturated heterocycles. The van der Waals surface area contributed by atoms with Gasteiger partial charge in [-0.1, -0.05) is 30.3 Å². The second-order valence-corrected chi connectivity index (χ2v) is 5.53. The maximum atomic E-state index is 5.25. The highest BCUT2D eigenvalue weighted by molar-refractivity contribution is 14.0. The Labute approximate surface area is 169 Å². The SMILES string of the molecule is CN=C(NCc1ccccc1COC)NCc1nnc2ccccn12.I. The molecule has 0 aliphatic heterocycles. The lowest BCUT2D eigenvalue weighted by Crippen LogP contribution is -2.37. The Balaban J connectivity index is 0.00000243. The molecule has 0 saturated carbocycles. The Hall–Kier alpha value is -2.20. The first-order valence-electron chi connectivity index (χ1n) is 8.10. The Kier molecular flexibility index (Phi) is 7.79. The van der Waals surface area contributed by atoms with Crippen molar-refractivity contribution in [3.8, 4) is 0 Å². The van der Waals surface area contributed by atoms with E-state index in [1.165, 1.54) is 5.56 Å². The van der Waals surface area contributed by atoms with Gasteiger partial charge in [-0.05, 0) is 23.3 Å². The van der Waals surface area contributed by atoms with Gasteiger partial charge >= 0.3 is 0 Å². The van der Waals surface area contributed by atoms with Gasteiger partial charge in [0.05, 0.1) is 13.2 Å². The zero-order chi connectivity index (χ0) is 17.5. The maximum absolute atomic E-state index is 5.25. The van der Waals surface area contributed by atoms with Gasteiger partial charge in [0.25, 0.3) is 0 Å². The van der Waals surface area contributed by atoms with Crippen molar-refractivity contribution < 1.29 is 4.74 Å². The highest BCUT2D eigenvalue weighted by Crippen LogP contribution is 2.09. The van der Waals surface area contributed by atoms with Crippen molar-refractivity contribution in [2.24, 2.45) is 4.99 Å². The number of guanidine groups is 1. The molecule has 3 rings (SSSR count). The molecule has 8 heteroatoms. The number of aliphatic imine (C=N–C) groups is 1. The van der Waals surface area contributed by atoms with Crippen molar-refractivity contribution in [3.63, 3.8) is 0 Å². The average molecular weight is 466 g/mol. The number of hydrogen-bond donors (Lipinski definition) is 2. The summed E-state index contributed by atoms with van der Waals surface area (Å²) in [5.74, 6) is 1.54. The molecule has 138 valence electrons. The third-order valence-corrected chi connectivity index (χ3v) is 3.89. The molecule has 0 bridgehead atoms. The molecule has 0 aliphatic rings. The Bertz CT molecular complexity index is 864. The lowest BCUT2D eigenvalue weighted by Gasteiger charge is -2.13. The van der Waals surface area contributed by atoms with Crippen molar-refractivity contribution >= 4 is 35.6 Å². The van der Waals surface area contributed by atoms with Crippen LogP contribution in [-0.4, -0.2) is 34.7 Å². The molecule has 0 radical (unpaired) electrons. The summed E-state index contributed by atoms with van der Waals surface area (Å²) >= 11 is 0. The number of nitrogens with zero attached hydrogens (tertiary/aromatic N) is 4. The summed E-state index contributed by atoms with van der Waals surface area (Å²) in [6, 6.07) is 14.0. The second-order valence-electron chi connectivity index (χ2n) is 5.53. The van der Waals surface area contributed by atoms with Gasteiger partial charge in [-0.15, -0.1) is 34.2 Å². The summed E-state index contributed by atoms with van der Waals surface area (Å²) in [5.41, 5.74) is 3.17. The van der Waals surface area contributed by atoms with Gasteiger partial charge in [0.15, 0.2) is 17.4 Å². The van der Waals surface area contributed by atoms with Gasteiger partial charge in [0.1, 0.15) is 0 Å². The number of pyridine rings is 1. The molecule has 2 heterocycles. The summed E-state index contributed by atoms with van der Waals surface area (Å²) < 4.78 is 7.20. The first kappa shape index (κ1) is 20.1. The molecule has 0 atom stereocenters. The van der Waals surface area contributed by atoms with Gasteiger partial charge < -0.3 is 15.4 Å². The smallest absolute Gasteiger partial charge is 0.191 e. The van der Waals surface area contributed by atoms with Crippen LogP contribution in [0.25, 0.3) is 5.65 Å². The summed E-state index contributed by atoms with van der Waals surface area (Å²) in [5, 5.41) is 14.9. The van der Waals surface area contributed by atoms with Crippen LogP contribution >= 0.6 is 24.0 Å². The fourth-order valence-electron chi connectivity index (χ4n) is 2.60. The van der Waals surface area contributed by atoms with Crippen molar-refractivity contribution in [2.75, 3.05) is 14.2 Å². The third kappa shape index (κ3) is 4.92. The van der Waals surface area contributed by atoms with Crippen molar-refractivity contribution in [1.29, 1.82) is 0 Å². The van der Waals surface area contributed by atoms with E-state index >= 15 is 0 Å². The van der Waals surface area contributed by atoms with E-state index in [4.69, 9.17) is 4.74 Å². The fourth-order valence-corrected chi connectivity index (χ4v) is 2.60.